The summed E-state index contributed by atoms with van der Waals surface area (Å²) in [6.45, 7) is 1.44. The topological polar surface area (TPSA) is 96.2 Å². The summed E-state index contributed by atoms with van der Waals surface area (Å²) in [5.74, 6) is -0.972. The number of carboxylic acids is 1. The second-order valence-corrected chi connectivity index (χ2v) is 3.74. The summed E-state index contributed by atoms with van der Waals surface area (Å²) in [6.07, 6.45) is 2.91. The molecule has 0 unspecified atom stereocenters. The molecule has 18 heavy (non-hydrogen) atoms. The lowest BCUT2D eigenvalue weighted by molar-refractivity contribution is -0.138. The quantitative estimate of drug-likeness (QED) is 0.714. The Morgan fingerprint density at radius 3 is 2.72 bits per heavy atom. The molecule has 0 saturated heterocycles. The third-order valence-electron chi connectivity index (χ3n) is 2.43. The Hall–Kier alpha value is -2.14. The minimum absolute atomic E-state index is 0.347. The molecule has 1 heterocycles. The smallest absolute Gasteiger partial charge is 0.320 e. The third-order valence-corrected chi connectivity index (χ3v) is 2.43. The number of aldehydes is 1. The minimum Gasteiger partial charge on any atom is -0.480 e. The summed E-state index contributed by atoms with van der Waals surface area (Å²) in [5.41, 5.74) is 7.43. The molecule has 0 amide bonds. The average molecular weight is 248 g/mol. The van der Waals surface area contributed by atoms with Crippen molar-refractivity contribution in [2.75, 3.05) is 0 Å². The van der Waals surface area contributed by atoms with Crippen LogP contribution in [0.1, 0.15) is 12.5 Å². The Kier molecular flexibility index (Phi) is 5.07. The number of aliphatic carboxylic acids is 1. The molecule has 0 aliphatic heterocycles. The monoisotopic (exact) mass is 248 g/mol. The lowest BCUT2D eigenvalue weighted by atomic mass is 10.1. The van der Waals surface area contributed by atoms with Crippen LogP contribution in [0, 0.1) is 0 Å². The first-order valence-electron chi connectivity index (χ1n) is 5.53. The maximum Gasteiger partial charge on any atom is 0.320 e. The molecule has 2 rings (SSSR count). The molecule has 1 aromatic heterocycles. The summed E-state index contributed by atoms with van der Waals surface area (Å²) in [4.78, 5) is 22.5. The van der Waals surface area contributed by atoms with Crippen molar-refractivity contribution in [1.82, 2.24) is 4.98 Å². The van der Waals surface area contributed by atoms with Gasteiger partial charge in [-0.2, -0.15) is 0 Å². The van der Waals surface area contributed by atoms with E-state index in [4.69, 9.17) is 15.6 Å². The van der Waals surface area contributed by atoms with Crippen LogP contribution < -0.4 is 5.73 Å². The second kappa shape index (κ2) is 6.56. The summed E-state index contributed by atoms with van der Waals surface area (Å²) < 4.78 is 0. The molecule has 96 valence electrons. The third kappa shape index (κ3) is 3.43. The molecule has 0 aliphatic carbocycles. The van der Waals surface area contributed by atoms with Gasteiger partial charge in [-0.15, -0.1) is 0 Å². The van der Waals surface area contributed by atoms with Crippen molar-refractivity contribution >= 4 is 23.2 Å². The van der Waals surface area contributed by atoms with Gasteiger partial charge in [0, 0.05) is 23.5 Å². The molecule has 0 saturated carbocycles. The number of fused-ring (bicyclic) bond motifs is 1. The van der Waals surface area contributed by atoms with Gasteiger partial charge in [0.05, 0.1) is 0 Å². The standard InChI is InChI=1S/C11H12N2O2.C2H4O/c12-9(11(14)15)5-7-6-13-10-4-2-1-3-8(7)10;1-2-3/h1-4,6,9,13H,5,12H2,(H,14,15);2H,1H3/t9-;/m0./s1. The Labute approximate surface area is 105 Å². The average Bonchev–Trinajstić information content (AvgIpc) is 2.74. The first-order chi connectivity index (χ1) is 8.60. The number of nitrogens with two attached hydrogens (primary N) is 1. The van der Waals surface area contributed by atoms with Gasteiger partial charge in [-0.05, 0) is 18.6 Å². The summed E-state index contributed by atoms with van der Waals surface area (Å²) in [7, 11) is 0. The van der Waals surface area contributed by atoms with Gasteiger partial charge in [-0.25, -0.2) is 0 Å². The Morgan fingerprint density at radius 2 is 2.11 bits per heavy atom. The molecule has 4 N–H and O–H groups in total. The number of aromatic amines is 1. The molecular weight excluding hydrogens is 232 g/mol. The number of benzene rings is 1. The molecule has 0 fully saturated rings. The summed E-state index contributed by atoms with van der Waals surface area (Å²) >= 11 is 0. The van der Waals surface area contributed by atoms with Gasteiger partial charge in [0.2, 0.25) is 0 Å². The van der Waals surface area contributed by atoms with Crippen LogP contribution in [0.25, 0.3) is 10.9 Å². The molecule has 5 nitrogen and oxygen atoms in total. The lowest BCUT2D eigenvalue weighted by Gasteiger charge is -2.04. The van der Waals surface area contributed by atoms with Crippen LogP contribution >= 0.6 is 0 Å². The van der Waals surface area contributed by atoms with Crippen molar-refractivity contribution in [2.24, 2.45) is 5.73 Å². The van der Waals surface area contributed by atoms with Crippen LogP contribution in [0.4, 0.5) is 0 Å². The number of para-hydroxylation sites is 1. The van der Waals surface area contributed by atoms with Gasteiger partial charge in [-0.1, -0.05) is 18.2 Å². The van der Waals surface area contributed by atoms with E-state index in [2.05, 4.69) is 4.98 Å². The number of aromatic nitrogens is 1. The molecule has 1 aromatic carbocycles. The number of hydrogen-bond acceptors (Lipinski definition) is 3. The fourth-order valence-corrected chi connectivity index (χ4v) is 1.62. The maximum atomic E-state index is 10.6. The van der Waals surface area contributed by atoms with Gasteiger partial charge < -0.3 is 20.6 Å². The van der Waals surface area contributed by atoms with E-state index in [-0.39, 0.29) is 0 Å². The highest BCUT2D eigenvalue weighted by Gasteiger charge is 2.14. The molecule has 0 spiro atoms. The summed E-state index contributed by atoms with van der Waals surface area (Å²) in [6, 6.07) is 6.91. The predicted molar refractivity (Wildman–Crippen MR) is 69.4 cm³/mol. The maximum absolute atomic E-state index is 10.6. The molecule has 0 bridgehead atoms. The zero-order chi connectivity index (χ0) is 13.5. The molecule has 1 atom stereocenters. The van der Waals surface area contributed by atoms with Crippen molar-refractivity contribution < 1.29 is 14.7 Å². The fourth-order valence-electron chi connectivity index (χ4n) is 1.62. The number of hydrogen-bond donors (Lipinski definition) is 3. The van der Waals surface area contributed by atoms with Crippen LogP contribution in [-0.4, -0.2) is 28.4 Å². The van der Waals surface area contributed by atoms with Crippen LogP contribution in [0.15, 0.2) is 30.5 Å². The van der Waals surface area contributed by atoms with Gasteiger partial charge >= 0.3 is 5.97 Å². The normalized spacial score (nSPS) is 11.4. The predicted octanol–water partition coefficient (Wildman–Crippen LogP) is 1.33. The summed E-state index contributed by atoms with van der Waals surface area (Å²) in [5, 5.41) is 9.75. The zero-order valence-electron chi connectivity index (χ0n) is 10.1. The van der Waals surface area contributed by atoms with Crippen molar-refractivity contribution in [3.05, 3.63) is 36.0 Å². The number of carbonyl (C=O) groups is 2. The Bertz CT molecular complexity index is 534. The van der Waals surface area contributed by atoms with Crippen LogP contribution in [0.5, 0.6) is 0 Å². The number of carboxylic acid groups (broad SMARTS) is 1. The number of carbonyl (C=O) groups excluding carboxylic acids is 1. The van der Waals surface area contributed by atoms with Gasteiger partial charge in [0.15, 0.2) is 0 Å². The van der Waals surface area contributed by atoms with E-state index in [1.165, 1.54) is 6.92 Å². The van der Waals surface area contributed by atoms with Crippen LogP contribution in [-0.2, 0) is 16.0 Å². The molecular formula is C13H16N2O3. The van der Waals surface area contributed by atoms with Gasteiger partial charge in [-0.3, -0.25) is 4.79 Å². The van der Waals surface area contributed by atoms with E-state index in [1.54, 1.807) is 0 Å². The highest BCUT2D eigenvalue weighted by Crippen LogP contribution is 2.18. The Morgan fingerprint density at radius 1 is 1.50 bits per heavy atom. The molecule has 2 aromatic rings. The number of rotatable bonds is 3. The van der Waals surface area contributed by atoms with E-state index in [0.29, 0.717) is 6.42 Å². The minimum atomic E-state index is -0.972. The van der Waals surface area contributed by atoms with E-state index in [0.717, 1.165) is 22.8 Å². The van der Waals surface area contributed by atoms with Crippen molar-refractivity contribution in [2.45, 2.75) is 19.4 Å². The van der Waals surface area contributed by atoms with Gasteiger partial charge in [0.25, 0.3) is 0 Å². The second-order valence-electron chi connectivity index (χ2n) is 3.74. The van der Waals surface area contributed by atoms with Crippen molar-refractivity contribution in [3.63, 3.8) is 0 Å². The van der Waals surface area contributed by atoms with Crippen molar-refractivity contribution in [3.8, 4) is 0 Å². The fraction of sp³-hybridized carbons (Fsp3) is 0.231. The van der Waals surface area contributed by atoms with E-state index in [1.807, 2.05) is 30.5 Å². The van der Waals surface area contributed by atoms with E-state index in [9.17, 15) is 4.79 Å². The SMILES string of the molecule is CC=O.N[C@@H](Cc1c[nH]c2ccccc12)C(=O)O. The molecule has 0 radical (unpaired) electrons. The molecule has 5 heteroatoms. The highest BCUT2D eigenvalue weighted by atomic mass is 16.4. The van der Waals surface area contributed by atoms with Crippen LogP contribution in [0.2, 0.25) is 0 Å². The first kappa shape index (κ1) is 13.9. The number of H-pyrrole nitrogens is 1. The first-order valence-corrected chi connectivity index (χ1v) is 5.53. The molecule has 0 aliphatic rings. The number of nitrogens with one attached hydrogen (secondary N) is 1. The lowest BCUT2D eigenvalue weighted by Crippen LogP contribution is -2.32. The van der Waals surface area contributed by atoms with E-state index >= 15 is 0 Å². The van der Waals surface area contributed by atoms with E-state index < -0.39 is 12.0 Å². The largest absolute Gasteiger partial charge is 0.480 e. The zero-order valence-corrected chi connectivity index (χ0v) is 10.1. The van der Waals surface area contributed by atoms with Gasteiger partial charge in [0.1, 0.15) is 12.3 Å². The van der Waals surface area contributed by atoms with Crippen molar-refractivity contribution in [1.29, 1.82) is 0 Å². The van der Waals surface area contributed by atoms with Crippen LogP contribution in [0.3, 0.4) is 0 Å². The highest BCUT2D eigenvalue weighted by molar-refractivity contribution is 5.84. The Balaban J connectivity index is 0.000000492.